The molecule has 3 aromatic rings. The van der Waals surface area contributed by atoms with Gasteiger partial charge in [-0.1, -0.05) is 27.7 Å². The lowest BCUT2D eigenvalue weighted by Crippen LogP contribution is -2.58. The van der Waals surface area contributed by atoms with Gasteiger partial charge in [0.05, 0.1) is 30.0 Å². The van der Waals surface area contributed by atoms with Crippen LogP contribution in [0.3, 0.4) is 0 Å². The van der Waals surface area contributed by atoms with Crippen LogP contribution in [0.5, 0.6) is 0 Å². The zero-order valence-electron chi connectivity index (χ0n) is 22.9. The lowest BCUT2D eigenvalue weighted by Gasteiger charge is -2.53. The zero-order chi connectivity index (χ0) is 28.1. The second-order valence-corrected chi connectivity index (χ2v) is 12.1. The minimum absolute atomic E-state index is 0.0371. The normalized spacial score (nSPS) is 29.9. The number of oxazole rings is 1. The molecule has 39 heavy (non-hydrogen) atoms. The number of benzene rings is 1. The van der Waals surface area contributed by atoms with Crippen LogP contribution in [0.2, 0.25) is 0 Å². The number of Topliss-reactive ketones (excluding diaryl/α,β-unsaturated/α-hetero) is 1. The Hall–Kier alpha value is -2.69. The second kappa shape index (κ2) is 10.7. The number of hydrogen-bond donors (Lipinski definition) is 3. The van der Waals surface area contributed by atoms with Gasteiger partial charge in [0.25, 0.3) is 0 Å². The lowest BCUT2D eigenvalue weighted by molar-refractivity contribution is -0.355. The van der Waals surface area contributed by atoms with Crippen molar-refractivity contribution in [3.8, 4) is 0 Å². The molecule has 2 aromatic heterocycles. The number of aromatic amines is 1. The van der Waals surface area contributed by atoms with Gasteiger partial charge in [0.15, 0.2) is 23.0 Å². The van der Waals surface area contributed by atoms with Crippen LogP contribution in [0.25, 0.3) is 11.1 Å². The number of anilines is 1. The number of ether oxygens (including phenoxy) is 2. The van der Waals surface area contributed by atoms with Crippen molar-refractivity contribution in [2.24, 2.45) is 23.7 Å². The van der Waals surface area contributed by atoms with Gasteiger partial charge in [-0.15, -0.1) is 0 Å². The number of fused-ring (bicyclic) bond motifs is 1. The van der Waals surface area contributed by atoms with E-state index in [0.717, 1.165) is 19.3 Å². The van der Waals surface area contributed by atoms with Gasteiger partial charge in [0.1, 0.15) is 11.1 Å². The zero-order valence-corrected chi connectivity index (χ0v) is 24.5. The molecule has 7 atom stereocenters. The molecule has 1 aromatic carbocycles. The Morgan fingerprint density at radius 1 is 1.28 bits per heavy atom. The summed E-state index contributed by atoms with van der Waals surface area (Å²) in [6, 6.07) is 5.36. The van der Waals surface area contributed by atoms with E-state index in [9.17, 15) is 14.7 Å². The van der Waals surface area contributed by atoms with Crippen LogP contribution in [-0.2, 0) is 15.9 Å². The van der Waals surface area contributed by atoms with E-state index in [1.165, 1.54) is 0 Å². The van der Waals surface area contributed by atoms with E-state index in [1.807, 2.05) is 13.0 Å². The number of H-pyrrole nitrogens is 1. The summed E-state index contributed by atoms with van der Waals surface area (Å²) < 4.78 is 20.2. The number of aromatic nitrogens is 2. The highest BCUT2D eigenvalue weighted by atomic mass is 79.9. The third-order valence-corrected chi connectivity index (χ3v) is 9.22. The van der Waals surface area contributed by atoms with Crippen molar-refractivity contribution < 1.29 is 28.6 Å². The average molecular weight is 603 g/mol. The summed E-state index contributed by atoms with van der Waals surface area (Å²) >= 11 is 3.43. The molecule has 1 spiro atoms. The van der Waals surface area contributed by atoms with Crippen LogP contribution in [0.15, 0.2) is 33.3 Å². The first-order chi connectivity index (χ1) is 18.5. The van der Waals surface area contributed by atoms with Crippen LogP contribution in [0.4, 0.5) is 5.69 Å². The molecule has 10 heteroatoms. The number of nitrogens with zero attached hydrogens (tertiary/aromatic N) is 1. The molecule has 9 nitrogen and oxygen atoms in total. The molecule has 210 valence electrons. The van der Waals surface area contributed by atoms with E-state index in [1.54, 1.807) is 25.4 Å². The number of halogens is 1. The largest absolute Gasteiger partial charge is 0.478 e. The summed E-state index contributed by atoms with van der Waals surface area (Å²) in [7, 11) is 1.67. The van der Waals surface area contributed by atoms with E-state index in [2.05, 4.69) is 52.0 Å². The summed E-state index contributed by atoms with van der Waals surface area (Å²) in [4.78, 5) is 32.9. The topological polar surface area (TPSA) is 127 Å². The molecule has 0 saturated carbocycles. The van der Waals surface area contributed by atoms with E-state index < -0.39 is 11.8 Å². The van der Waals surface area contributed by atoms with Gasteiger partial charge in [0.2, 0.25) is 0 Å². The molecule has 0 bridgehead atoms. The SMILES string of the molecule is CNc1c(Br)cc2oc(C[C@H]3OC4(CC[C@@H]3C)OC([C@H](C)C(=O)c3ccc[nH]3)[C@H](C)C[C@@H]4C)nc2c1C(=O)O. The average Bonchev–Trinajstić information content (AvgIpc) is 3.56. The first kappa shape index (κ1) is 27.9. The molecule has 3 N–H and O–H groups in total. The Morgan fingerprint density at radius 3 is 2.72 bits per heavy atom. The minimum atomic E-state index is -1.08. The molecule has 4 heterocycles. The predicted molar refractivity (Wildman–Crippen MR) is 150 cm³/mol. The van der Waals surface area contributed by atoms with Gasteiger partial charge in [-0.25, -0.2) is 9.78 Å². The van der Waals surface area contributed by atoms with Crippen LogP contribution < -0.4 is 5.32 Å². The van der Waals surface area contributed by atoms with Crippen LogP contribution in [0, 0.1) is 23.7 Å². The number of rotatable bonds is 7. The van der Waals surface area contributed by atoms with Crippen molar-refractivity contribution in [2.75, 3.05) is 12.4 Å². The third-order valence-electron chi connectivity index (χ3n) is 8.60. The summed E-state index contributed by atoms with van der Waals surface area (Å²) in [5.74, 6) is -1.19. The highest BCUT2D eigenvalue weighted by Gasteiger charge is 2.52. The fourth-order valence-electron chi connectivity index (χ4n) is 6.34. The Kier molecular flexibility index (Phi) is 7.65. The van der Waals surface area contributed by atoms with Crippen molar-refractivity contribution in [3.63, 3.8) is 0 Å². The summed E-state index contributed by atoms with van der Waals surface area (Å²) in [6.45, 7) is 8.38. The maximum absolute atomic E-state index is 13.2. The van der Waals surface area contributed by atoms with Gasteiger partial charge in [-0.3, -0.25) is 4.79 Å². The molecule has 0 amide bonds. The summed E-state index contributed by atoms with van der Waals surface area (Å²) in [5, 5.41) is 12.8. The smallest absolute Gasteiger partial charge is 0.340 e. The maximum atomic E-state index is 13.2. The molecule has 2 fully saturated rings. The Bertz CT molecular complexity index is 1370. The second-order valence-electron chi connectivity index (χ2n) is 11.2. The number of ketones is 1. The molecular formula is C29H36BrN3O6. The molecule has 2 aliphatic rings. The Labute approximate surface area is 236 Å². The monoisotopic (exact) mass is 601 g/mol. The quantitative estimate of drug-likeness (QED) is 0.269. The number of carboxylic acid groups (broad SMARTS) is 1. The third kappa shape index (κ3) is 5.02. The summed E-state index contributed by atoms with van der Waals surface area (Å²) in [5.41, 5.74) is 1.80. The van der Waals surface area contributed by atoms with E-state index in [4.69, 9.17) is 13.9 Å². The van der Waals surface area contributed by atoms with Crippen LogP contribution >= 0.6 is 15.9 Å². The number of aromatic carboxylic acids is 1. The Balaban J connectivity index is 1.40. The van der Waals surface area contributed by atoms with E-state index in [-0.39, 0.29) is 47.2 Å². The molecule has 2 saturated heterocycles. The predicted octanol–water partition coefficient (Wildman–Crippen LogP) is 6.29. The first-order valence-corrected chi connectivity index (χ1v) is 14.4. The van der Waals surface area contributed by atoms with Gasteiger partial charge >= 0.3 is 5.97 Å². The maximum Gasteiger partial charge on any atom is 0.340 e. The number of carbonyl (C=O) groups excluding carboxylic acids is 1. The van der Waals surface area contributed by atoms with Crippen molar-refractivity contribution in [1.29, 1.82) is 0 Å². The van der Waals surface area contributed by atoms with E-state index in [0.29, 0.717) is 39.3 Å². The van der Waals surface area contributed by atoms with Gasteiger partial charge in [0, 0.05) is 36.0 Å². The minimum Gasteiger partial charge on any atom is -0.478 e. The molecule has 0 aliphatic carbocycles. The number of nitrogens with one attached hydrogen (secondary N) is 2. The number of carboxylic acids is 1. The fraction of sp³-hybridized carbons (Fsp3) is 0.552. The van der Waals surface area contributed by atoms with Crippen LogP contribution in [-0.4, -0.2) is 51.9 Å². The molecule has 5 rings (SSSR count). The highest BCUT2D eigenvalue weighted by Crippen LogP contribution is 2.48. The first-order valence-electron chi connectivity index (χ1n) is 13.6. The Morgan fingerprint density at radius 2 is 2.05 bits per heavy atom. The fourth-order valence-corrected chi connectivity index (χ4v) is 6.94. The standard InChI is InChI=1S/C29H36BrN3O6/c1-14-8-9-29(16(3)11-15(2)27(39-29)17(4)26(34)19-7-6-10-32-19)38-20(14)13-22-33-25-21(37-22)12-18(30)24(31-5)23(25)28(35)36/h6-7,10,12,14-17,20,27,31-32H,8-9,11,13H2,1-5H3,(H,35,36)/t14-,15+,16-,17+,20+,27?,29?/m0/s1. The summed E-state index contributed by atoms with van der Waals surface area (Å²) in [6.07, 6.45) is 4.16. The van der Waals surface area contributed by atoms with Gasteiger partial charge < -0.3 is 29.3 Å². The number of carbonyl (C=O) groups is 2. The van der Waals surface area contributed by atoms with Gasteiger partial charge in [-0.05, 0) is 58.8 Å². The van der Waals surface area contributed by atoms with Gasteiger partial charge in [-0.2, -0.15) is 0 Å². The lowest BCUT2D eigenvalue weighted by atomic mass is 9.75. The molecule has 0 radical (unpaired) electrons. The van der Waals surface area contributed by atoms with E-state index >= 15 is 0 Å². The molecular weight excluding hydrogens is 566 g/mol. The highest BCUT2D eigenvalue weighted by molar-refractivity contribution is 9.10. The number of hydrogen-bond acceptors (Lipinski definition) is 7. The molecule has 2 unspecified atom stereocenters. The van der Waals surface area contributed by atoms with Crippen LogP contribution in [0.1, 0.15) is 73.7 Å². The van der Waals surface area contributed by atoms with Crippen molar-refractivity contribution in [3.05, 3.63) is 46.0 Å². The van der Waals surface area contributed by atoms with Crippen molar-refractivity contribution >= 4 is 44.5 Å². The molecule has 2 aliphatic heterocycles. The van der Waals surface area contributed by atoms with Crippen molar-refractivity contribution in [2.45, 2.75) is 71.4 Å². The van der Waals surface area contributed by atoms with Crippen molar-refractivity contribution in [1.82, 2.24) is 9.97 Å².